The van der Waals surface area contributed by atoms with Gasteiger partial charge in [0.2, 0.25) is 5.78 Å². The molecule has 0 atom stereocenters. The molecule has 0 saturated carbocycles. The number of hydrogen-bond acceptors (Lipinski definition) is 6. The van der Waals surface area contributed by atoms with Crippen molar-refractivity contribution in [3.8, 4) is 0 Å². The van der Waals surface area contributed by atoms with E-state index in [1.165, 1.54) is 0 Å². The predicted octanol–water partition coefficient (Wildman–Crippen LogP) is 4.89. The lowest BCUT2D eigenvalue weighted by Crippen LogP contribution is -2.24. The maximum absolute atomic E-state index is 13.2. The number of thioether (sulfide) groups is 1. The Kier molecular flexibility index (Phi) is 7.19. The molecular formula is C26H30N4O3S. The number of para-hydroxylation sites is 1. The number of ketones is 1. The molecule has 0 N–H and O–H groups in total. The molecule has 2 aromatic carbocycles. The summed E-state index contributed by atoms with van der Waals surface area (Å²) in [6.45, 7) is 11.4. The van der Waals surface area contributed by atoms with Crippen LogP contribution in [0.4, 0.5) is 0 Å². The third kappa shape index (κ3) is 4.40. The van der Waals surface area contributed by atoms with E-state index in [4.69, 9.17) is 4.74 Å². The van der Waals surface area contributed by atoms with Crippen molar-refractivity contribution < 1.29 is 9.53 Å². The molecule has 34 heavy (non-hydrogen) atoms. The average Bonchev–Trinajstić information content (AvgIpc) is 3.22. The number of Topliss-reactive ketones (excluding diaryl/α,β-unsaturated/α-hetero) is 1. The Morgan fingerprint density at radius 2 is 1.88 bits per heavy atom. The first-order valence-corrected chi connectivity index (χ1v) is 12.5. The second-order valence-corrected chi connectivity index (χ2v) is 9.42. The molecule has 0 aliphatic rings. The van der Waals surface area contributed by atoms with Crippen LogP contribution in [0.3, 0.4) is 0 Å². The largest absolute Gasteiger partial charge is 0.382 e. The van der Waals surface area contributed by atoms with Gasteiger partial charge in [0.1, 0.15) is 0 Å². The molecule has 0 saturated heterocycles. The van der Waals surface area contributed by atoms with E-state index in [0.717, 1.165) is 33.3 Å². The summed E-state index contributed by atoms with van der Waals surface area (Å²) < 4.78 is 9.11. The quantitative estimate of drug-likeness (QED) is 0.194. The maximum atomic E-state index is 13.2. The first kappa shape index (κ1) is 24.2. The zero-order valence-corrected chi connectivity index (χ0v) is 21.2. The number of carbonyl (C=O) groups is 1. The third-order valence-electron chi connectivity index (χ3n) is 6.18. The minimum Gasteiger partial charge on any atom is -0.382 e. The van der Waals surface area contributed by atoms with Crippen LogP contribution in [-0.2, 0) is 17.0 Å². The Hall–Kier alpha value is -2.97. The van der Waals surface area contributed by atoms with Crippen LogP contribution in [-0.4, -0.2) is 38.2 Å². The van der Waals surface area contributed by atoms with Gasteiger partial charge in [-0.25, -0.2) is 0 Å². The first-order valence-electron chi connectivity index (χ1n) is 11.5. The van der Waals surface area contributed by atoms with Crippen molar-refractivity contribution in [2.24, 2.45) is 0 Å². The molecule has 2 heterocycles. The number of carbonyl (C=O) groups excluding carboxylic acids is 1. The summed E-state index contributed by atoms with van der Waals surface area (Å²) in [4.78, 5) is 25.4. The normalized spacial score (nSPS) is 11.6. The van der Waals surface area contributed by atoms with Crippen LogP contribution >= 0.6 is 11.8 Å². The van der Waals surface area contributed by atoms with Crippen LogP contribution < -0.4 is 5.56 Å². The van der Waals surface area contributed by atoms with Gasteiger partial charge in [0.05, 0.1) is 10.9 Å². The lowest BCUT2D eigenvalue weighted by atomic mass is 9.92. The molecule has 7 nitrogen and oxygen atoms in total. The minimum atomic E-state index is -0.0696. The standard InChI is InChI=1S/C26H30N4O3S/c1-6-33-13-9-12-29-24(32)20-10-7-8-11-22(20)30-25(29)27-28-26(30)34-15-21-16(2)14-17(3)23(18(21)4)19(5)31/h7-8,10-11,14H,6,9,12-13,15H2,1-5H3. The minimum absolute atomic E-state index is 0.0696. The van der Waals surface area contributed by atoms with E-state index >= 15 is 0 Å². The Morgan fingerprint density at radius 3 is 2.62 bits per heavy atom. The lowest BCUT2D eigenvalue weighted by molar-refractivity contribution is 0.101. The van der Waals surface area contributed by atoms with Gasteiger partial charge in [0.25, 0.3) is 5.56 Å². The molecule has 0 unspecified atom stereocenters. The Labute approximate surface area is 203 Å². The van der Waals surface area contributed by atoms with Crippen LogP contribution in [0.5, 0.6) is 0 Å². The van der Waals surface area contributed by atoms with Gasteiger partial charge >= 0.3 is 0 Å². The van der Waals surface area contributed by atoms with Crippen LogP contribution in [0.15, 0.2) is 40.3 Å². The van der Waals surface area contributed by atoms with Crippen molar-refractivity contribution in [2.75, 3.05) is 13.2 Å². The first-order chi connectivity index (χ1) is 16.3. The van der Waals surface area contributed by atoms with Gasteiger partial charge in [-0.2, -0.15) is 0 Å². The van der Waals surface area contributed by atoms with Gasteiger partial charge in [-0.05, 0) is 75.4 Å². The highest BCUT2D eigenvalue weighted by molar-refractivity contribution is 7.98. The smallest absolute Gasteiger partial charge is 0.262 e. The Bertz CT molecular complexity index is 1440. The van der Waals surface area contributed by atoms with Gasteiger partial charge in [0, 0.05) is 31.1 Å². The molecule has 0 aliphatic carbocycles. The van der Waals surface area contributed by atoms with E-state index in [0.29, 0.717) is 48.3 Å². The zero-order chi connectivity index (χ0) is 24.4. The number of nitrogens with zero attached hydrogens (tertiary/aromatic N) is 4. The fraction of sp³-hybridized carbons (Fsp3) is 0.385. The van der Waals surface area contributed by atoms with E-state index in [2.05, 4.69) is 23.2 Å². The van der Waals surface area contributed by atoms with Crippen molar-refractivity contribution in [2.45, 2.75) is 58.5 Å². The molecule has 4 rings (SSSR count). The van der Waals surface area contributed by atoms with Crippen LogP contribution in [0.2, 0.25) is 0 Å². The summed E-state index contributed by atoms with van der Waals surface area (Å²) in [5.74, 6) is 1.26. The number of ether oxygens (including phenoxy) is 1. The van der Waals surface area contributed by atoms with E-state index in [-0.39, 0.29) is 11.3 Å². The predicted molar refractivity (Wildman–Crippen MR) is 136 cm³/mol. The van der Waals surface area contributed by atoms with Crippen molar-refractivity contribution in [1.29, 1.82) is 0 Å². The SMILES string of the molecule is CCOCCCn1c(=O)c2ccccc2n2c(SCc3c(C)cc(C)c(C(C)=O)c3C)nnc12. The molecule has 0 aliphatic heterocycles. The molecule has 2 aromatic heterocycles. The number of aromatic nitrogens is 4. The molecule has 0 bridgehead atoms. The van der Waals surface area contributed by atoms with E-state index in [1.807, 2.05) is 49.4 Å². The summed E-state index contributed by atoms with van der Waals surface area (Å²) in [7, 11) is 0. The monoisotopic (exact) mass is 478 g/mol. The van der Waals surface area contributed by atoms with E-state index < -0.39 is 0 Å². The summed E-state index contributed by atoms with van der Waals surface area (Å²) in [5.41, 5.74) is 5.82. The summed E-state index contributed by atoms with van der Waals surface area (Å²) in [6.07, 6.45) is 0.715. The van der Waals surface area contributed by atoms with E-state index in [9.17, 15) is 9.59 Å². The van der Waals surface area contributed by atoms with Gasteiger partial charge < -0.3 is 4.74 Å². The lowest BCUT2D eigenvalue weighted by Gasteiger charge is -2.15. The summed E-state index contributed by atoms with van der Waals surface area (Å²) >= 11 is 1.56. The number of benzene rings is 2. The Balaban J connectivity index is 1.77. The van der Waals surface area contributed by atoms with Gasteiger partial charge in [0.15, 0.2) is 10.9 Å². The number of aryl methyl sites for hydroxylation is 3. The van der Waals surface area contributed by atoms with Crippen LogP contribution in [0.1, 0.15) is 52.9 Å². The third-order valence-corrected chi connectivity index (χ3v) is 7.14. The van der Waals surface area contributed by atoms with Gasteiger partial charge in [-0.15, -0.1) is 10.2 Å². The highest BCUT2D eigenvalue weighted by Crippen LogP contribution is 2.30. The summed E-state index contributed by atoms with van der Waals surface area (Å²) in [6, 6.07) is 9.64. The number of hydrogen-bond donors (Lipinski definition) is 0. The fourth-order valence-electron chi connectivity index (χ4n) is 4.62. The number of rotatable bonds is 9. The molecule has 0 amide bonds. The topological polar surface area (TPSA) is 78.5 Å². The fourth-order valence-corrected chi connectivity index (χ4v) is 5.75. The van der Waals surface area contributed by atoms with E-state index in [1.54, 1.807) is 23.3 Å². The molecule has 0 spiro atoms. The molecule has 4 aromatic rings. The average molecular weight is 479 g/mol. The summed E-state index contributed by atoms with van der Waals surface area (Å²) in [5, 5.41) is 10.2. The molecule has 178 valence electrons. The Morgan fingerprint density at radius 1 is 1.12 bits per heavy atom. The van der Waals surface area contributed by atoms with Gasteiger partial charge in [-0.3, -0.25) is 18.6 Å². The second kappa shape index (κ2) is 10.1. The number of fused-ring (bicyclic) bond motifs is 3. The molecule has 0 radical (unpaired) electrons. The van der Waals surface area contributed by atoms with Crippen LogP contribution in [0, 0.1) is 20.8 Å². The zero-order valence-electron chi connectivity index (χ0n) is 20.3. The van der Waals surface area contributed by atoms with Crippen molar-refractivity contribution in [1.82, 2.24) is 19.2 Å². The maximum Gasteiger partial charge on any atom is 0.262 e. The second-order valence-electron chi connectivity index (χ2n) is 8.48. The highest BCUT2D eigenvalue weighted by Gasteiger charge is 2.19. The molecule has 0 fully saturated rings. The van der Waals surface area contributed by atoms with Crippen molar-refractivity contribution in [3.63, 3.8) is 0 Å². The van der Waals surface area contributed by atoms with Crippen molar-refractivity contribution >= 4 is 34.2 Å². The highest BCUT2D eigenvalue weighted by atomic mass is 32.2. The molecule has 8 heteroatoms. The van der Waals surface area contributed by atoms with Gasteiger partial charge in [-0.1, -0.05) is 30.0 Å². The molecular weight excluding hydrogens is 448 g/mol. The van der Waals surface area contributed by atoms with Crippen LogP contribution in [0.25, 0.3) is 16.7 Å². The van der Waals surface area contributed by atoms with Crippen molar-refractivity contribution in [3.05, 3.63) is 68.5 Å².